The normalized spacial score (nSPS) is 19.8. The van der Waals surface area contributed by atoms with Gasteiger partial charge in [-0.1, -0.05) is 20.8 Å². The van der Waals surface area contributed by atoms with Crippen molar-refractivity contribution in [1.82, 2.24) is 9.88 Å². The molecule has 3 nitrogen and oxygen atoms in total. The molecule has 19 heavy (non-hydrogen) atoms. The molecule has 1 aliphatic rings. The number of likely N-dealkylation sites (tertiary alicyclic amines) is 1. The monoisotopic (exact) mass is 342 g/mol. The molecule has 0 radical (unpaired) electrons. The molecule has 1 aliphatic heterocycles. The Morgan fingerprint density at radius 1 is 1.47 bits per heavy atom. The maximum atomic E-state index is 12.4. The molecule has 1 atom stereocenters. The Morgan fingerprint density at radius 2 is 2.21 bits per heavy atom. The van der Waals surface area contributed by atoms with Gasteiger partial charge in [0.15, 0.2) is 0 Å². The van der Waals surface area contributed by atoms with Crippen molar-refractivity contribution < 1.29 is 4.79 Å². The van der Waals surface area contributed by atoms with Gasteiger partial charge in [0.25, 0.3) is 5.91 Å². The molecule has 1 fully saturated rings. The Kier molecular flexibility index (Phi) is 4.56. The number of amides is 1. The minimum atomic E-state index is 0.0887. The highest BCUT2D eigenvalue weighted by atomic mass is 79.9. The summed E-state index contributed by atoms with van der Waals surface area (Å²) in [5, 5.41) is 0.545. The Bertz CT molecular complexity index is 473. The van der Waals surface area contributed by atoms with Crippen LogP contribution < -0.4 is 0 Å². The second kappa shape index (κ2) is 5.83. The van der Waals surface area contributed by atoms with E-state index in [-0.39, 0.29) is 10.7 Å². The lowest BCUT2D eigenvalue weighted by Crippen LogP contribution is -2.29. The largest absolute Gasteiger partial charge is 0.337 e. The molecular formula is C14H19BrN2OS. The van der Waals surface area contributed by atoms with Crippen LogP contribution in [0.3, 0.4) is 0 Å². The van der Waals surface area contributed by atoms with E-state index < -0.39 is 0 Å². The summed E-state index contributed by atoms with van der Waals surface area (Å²) in [7, 11) is 0. The van der Waals surface area contributed by atoms with Crippen molar-refractivity contribution in [1.29, 1.82) is 0 Å². The predicted octanol–water partition coefficient (Wildman–Crippen LogP) is 3.59. The van der Waals surface area contributed by atoms with Gasteiger partial charge in [-0.2, -0.15) is 11.8 Å². The second-order valence-electron chi connectivity index (χ2n) is 5.78. The Hall–Kier alpha value is -0.550. The first kappa shape index (κ1) is 14.9. The van der Waals surface area contributed by atoms with Gasteiger partial charge in [-0.3, -0.25) is 9.78 Å². The zero-order chi connectivity index (χ0) is 14.0. The van der Waals surface area contributed by atoms with Crippen LogP contribution in [0, 0.1) is 0 Å². The van der Waals surface area contributed by atoms with E-state index >= 15 is 0 Å². The van der Waals surface area contributed by atoms with Gasteiger partial charge < -0.3 is 4.90 Å². The molecule has 104 valence electrons. The second-order valence-corrected chi connectivity index (χ2v) is 8.83. The van der Waals surface area contributed by atoms with E-state index in [9.17, 15) is 4.79 Å². The molecule has 0 aliphatic carbocycles. The first-order valence-corrected chi connectivity index (χ1v) is 8.10. The highest BCUT2D eigenvalue weighted by Gasteiger charge is 2.30. The highest BCUT2D eigenvalue weighted by molar-refractivity contribution is 9.10. The maximum Gasteiger partial charge on any atom is 0.255 e. The topological polar surface area (TPSA) is 33.2 Å². The molecular weight excluding hydrogens is 324 g/mol. The molecule has 2 rings (SSSR count). The van der Waals surface area contributed by atoms with E-state index in [4.69, 9.17) is 0 Å². The van der Waals surface area contributed by atoms with Gasteiger partial charge in [-0.05, 0) is 28.4 Å². The van der Waals surface area contributed by atoms with Crippen LogP contribution in [0.15, 0.2) is 22.9 Å². The summed E-state index contributed by atoms with van der Waals surface area (Å²) in [6, 6.07) is 1.83. The number of carbonyl (C=O) groups excluding carboxylic acids is 1. The number of aromatic nitrogens is 1. The molecule has 0 spiro atoms. The Balaban J connectivity index is 1.99. The number of hydrogen-bond acceptors (Lipinski definition) is 3. The van der Waals surface area contributed by atoms with Gasteiger partial charge in [0.05, 0.1) is 5.56 Å². The number of thioether (sulfide) groups is 1. The Labute approximate surface area is 127 Å². The summed E-state index contributed by atoms with van der Waals surface area (Å²) in [6.45, 7) is 8.35. The fourth-order valence-corrected chi connectivity index (χ4v) is 4.06. The fourth-order valence-electron chi connectivity index (χ4n) is 2.22. The zero-order valence-electron chi connectivity index (χ0n) is 11.5. The zero-order valence-corrected chi connectivity index (χ0v) is 13.9. The van der Waals surface area contributed by atoms with E-state index in [1.807, 2.05) is 22.7 Å². The molecule has 0 unspecified atom stereocenters. The van der Waals surface area contributed by atoms with Gasteiger partial charge in [-0.15, -0.1) is 0 Å². The molecule has 5 heteroatoms. The van der Waals surface area contributed by atoms with Gasteiger partial charge in [-0.25, -0.2) is 0 Å². The lowest BCUT2D eigenvalue weighted by Gasteiger charge is -2.23. The van der Waals surface area contributed by atoms with Gasteiger partial charge in [0, 0.05) is 40.0 Å². The van der Waals surface area contributed by atoms with Crippen LogP contribution >= 0.6 is 27.7 Å². The van der Waals surface area contributed by atoms with Crippen molar-refractivity contribution in [3.05, 3.63) is 28.5 Å². The molecule has 0 bridgehead atoms. The van der Waals surface area contributed by atoms with Crippen molar-refractivity contribution in [2.24, 2.45) is 0 Å². The van der Waals surface area contributed by atoms with Crippen LogP contribution in [0.25, 0.3) is 0 Å². The van der Waals surface area contributed by atoms with Crippen molar-refractivity contribution in [3.8, 4) is 0 Å². The van der Waals surface area contributed by atoms with E-state index in [1.165, 1.54) is 0 Å². The lowest BCUT2D eigenvalue weighted by molar-refractivity contribution is 0.0792. The van der Waals surface area contributed by atoms with Crippen LogP contribution in [0.4, 0.5) is 0 Å². The predicted molar refractivity (Wildman–Crippen MR) is 83.6 cm³/mol. The fraction of sp³-hybridized carbons (Fsp3) is 0.571. The number of hydrogen-bond donors (Lipinski definition) is 0. The summed E-state index contributed by atoms with van der Waals surface area (Å²) in [5.74, 6) is 0.0887. The van der Waals surface area contributed by atoms with Gasteiger partial charge in [0.2, 0.25) is 0 Å². The van der Waals surface area contributed by atoms with Crippen LogP contribution in [0.5, 0.6) is 0 Å². The number of pyridine rings is 1. The minimum absolute atomic E-state index is 0.0887. The van der Waals surface area contributed by atoms with E-state index in [1.54, 1.807) is 12.4 Å². The summed E-state index contributed by atoms with van der Waals surface area (Å²) >= 11 is 5.32. The molecule has 1 aromatic heterocycles. The van der Waals surface area contributed by atoms with Crippen LogP contribution in [-0.2, 0) is 0 Å². The summed E-state index contributed by atoms with van der Waals surface area (Å²) in [4.78, 5) is 18.4. The summed E-state index contributed by atoms with van der Waals surface area (Å²) < 4.78 is 1.10. The maximum absolute atomic E-state index is 12.4. The molecule has 0 aromatic carbocycles. The Morgan fingerprint density at radius 3 is 2.84 bits per heavy atom. The number of nitrogens with zero attached hydrogens (tertiary/aromatic N) is 2. The SMILES string of the molecule is CC(C)(C)S[C@H]1CCN(C(=O)c2cncc(Br)c2)C1. The highest BCUT2D eigenvalue weighted by Crippen LogP contribution is 2.33. The van der Waals surface area contributed by atoms with Crippen molar-refractivity contribution in [2.75, 3.05) is 13.1 Å². The molecule has 0 N–H and O–H groups in total. The molecule has 1 aromatic rings. The van der Waals surface area contributed by atoms with E-state index in [0.717, 1.165) is 24.0 Å². The van der Waals surface area contributed by atoms with Crippen molar-refractivity contribution >= 4 is 33.6 Å². The third-order valence-corrected chi connectivity index (χ3v) is 4.76. The molecule has 1 saturated heterocycles. The van der Waals surface area contributed by atoms with Crippen LogP contribution in [0.1, 0.15) is 37.6 Å². The van der Waals surface area contributed by atoms with Crippen molar-refractivity contribution in [3.63, 3.8) is 0 Å². The number of halogens is 1. The average Bonchev–Trinajstić information content (AvgIpc) is 2.74. The van der Waals surface area contributed by atoms with E-state index in [0.29, 0.717) is 10.8 Å². The first-order valence-electron chi connectivity index (χ1n) is 6.43. The smallest absolute Gasteiger partial charge is 0.255 e. The third-order valence-electron chi connectivity index (χ3n) is 2.90. The number of rotatable bonds is 2. The molecule has 0 saturated carbocycles. The van der Waals surface area contributed by atoms with Gasteiger partial charge in [0.1, 0.15) is 0 Å². The minimum Gasteiger partial charge on any atom is -0.337 e. The lowest BCUT2D eigenvalue weighted by atomic mass is 10.2. The van der Waals surface area contributed by atoms with Crippen LogP contribution in [-0.4, -0.2) is 38.9 Å². The standard InChI is InChI=1S/C14H19BrN2OS/c1-14(2,3)19-12-4-5-17(9-12)13(18)10-6-11(15)8-16-7-10/h6-8,12H,4-5,9H2,1-3H3/t12-/m0/s1. The van der Waals surface area contributed by atoms with Crippen LogP contribution in [0.2, 0.25) is 0 Å². The first-order chi connectivity index (χ1) is 8.85. The van der Waals surface area contributed by atoms with Crippen molar-refractivity contribution in [2.45, 2.75) is 37.2 Å². The summed E-state index contributed by atoms with van der Waals surface area (Å²) in [6.07, 6.45) is 4.41. The quantitative estimate of drug-likeness (QED) is 0.823. The average molecular weight is 343 g/mol. The number of carbonyl (C=O) groups is 1. The third kappa shape index (κ3) is 4.21. The molecule has 2 heterocycles. The van der Waals surface area contributed by atoms with E-state index in [2.05, 4.69) is 41.7 Å². The summed E-state index contributed by atoms with van der Waals surface area (Å²) in [5.41, 5.74) is 0.663. The van der Waals surface area contributed by atoms with Gasteiger partial charge >= 0.3 is 0 Å². The molecule has 1 amide bonds.